The molecule has 0 amide bonds. The third kappa shape index (κ3) is 2.65. The topological polar surface area (TPSA) is 145 Å². The first kappa shape index (κ1) is 14.1. The molecule has 0 saturated carbocycles. The van der Waals surface area contributed by atoms with E-state index in [0.717, 1.165) is 0 Å². The number of rotatable bonds is 4. The van der Waals surface area contributed by atoms with Gasteiger partial charge in [-0.25, -0.2) is 15.0 Å². The summed E-state index contributed by atoms with van der Waals surface area (Å²) in [5, 5.41) is 37.6. The lowest BCUT2D eigenvalue weighted by molar-refractivity contribution is -0.253. The average Bonchev–Trinajstić information content (AvgIpc) is 2.32. The first-order valence-corrected chi connectivity index (χ1v) is 4.98. The van der Waals surface area contributed by atoms with Gasteiger partial charge >= 0.3 is 0 Å². The maximum Gasteiger partial charge on any atom is 0.150 e. The molecule has 3 N–H and O–H groups in total. The third-order valence-corrected chi connectivity index (χ3v) is 2.85. The number of amidine groups is 1. The highest BCUT2D eigenvalue weighted by molar-refractivity contribution is 6.07. The molecule has 100 valence electrons. The van der Waals surface area contributed by atoms with Crippen molar-refractivity contribution < 1.29 is 20.5 Å². The molecule has 0 fully saturated rings. The molecule has 1 aliphatic heterocycles. The van der Waals surface area contributed by atoms with Gasteiger partial charge < -0.3 is 0 Å². The van der Waals surface area contributed by atoms with Crippen molar-refractivity contribution in [2.24, 2.45) is 25.8 Å². The number of nitrogens with zero attached hydrogens (tertiary/aromatic N) is 5. The van der Waals surface area contributed by atoms with Gasteiger partial charge in [0.25, 0.3) is 0 Å². The van der Waals surface area contributed by atoms with Gasteiger partial charge in [0, 0.05) is 12.1 Å². The molecule has 18 heavy (non-hydrogen) atoms. The van der Waals surface area contributed by atoms with Gasteiger partial charge in [-0.15, -0.1) is 10.2 Å². The second-order valence-electron chi connectivity index (χ2n) is 4.30. The largest absolute Gasteiger partial charge is 0.285 e. The van der Waals surface area contributed by atoms with Gasteiger partial charge in [0.05, 0.1) is 10.6 Å². The van der Waals surface area contributed by atoms with Gasteiger partial charge in [-0.2, -0.15) is 10.5 Å². The van der Waals surface area contributed by atoms with E-state index in [0.29, 0.717) is 5.71 Å². The second-order valence-corrected chi connectivity index (χ2v) is 4.30. The van der Waals surface area contributed by atoms with Crippen LogP contribution in [0, 0.1) is 5.41 Å². The number of nitrogens with one attached hydrogen (secondary N) is 1. The van der Waals surface area contributed by atoms with Crippen LogP contribution in [0.4, 0.5) is 0 Å². The van der Waals surface area contributed by atoms with Crippen molar-refractivity contribution in [1.29, 1.82) is 5.41 Å². The van der Waals surface area contributed by atoms with Gasteiger partial charge in [0.2, 0.25) is 0 Å². The monoisotopic (exact) mass is 258 g/mol. The molecule has 0 spiro atoms. The molecule has 0 radical (unpaired) electrons. The number of aliphatic imine (C=N–C) groups is 1. The predicted octanol–water partition coefficient (Wildman–Crippen LogP) is 2.06. The zero-order valence-corrected chi connectivity index (χ0v) is 10.2. The maximum atomic E-state index is 8.18. The fourth-order valence-corrected chi connectivity index (χ4v) is 1.70. The molecule has 2 atom stereocenters. The van der Waals surface area contributed by atoms with Crippen molar-refractivity contribution in [3.8, 4) is 0 Å². The Balaban J connectivity index is 3.12. The molecule has 1 rings (SSSR count). The molecule has 0 saturated heterocycles. The van der Waals surface area contributed by atoms with Crippen molar-refractivity contribution >= 4 is 11.5 Å². The highest BCUT2D eigenvalue weighted by atomic mass is 17.2. The Morgan fingerprint density at radius 2 is 1.67 bits per heavy atom. The first-order chi connectivity index (χ1) is 8.38. The summed E-state index contributed by atoms with van der Waals surface area (Å²) in [6, 6.07) is 0. The van der Waals surface area contributed by atoms with Gasteiger partial charge in [-0.3, -0.25) is 5.41 Å². The molecule has 0 aromatic heterocycles. The molecule has 10 nitrogen and oxygen atoms in total. The van der Waals surface area contributed by atoms with E-state index < -0.39 is 11.1 Å². The summed E-state index contributed by atoms with van der Waals surface area (Å²) < 4.78 is 0. The first-order valence-electron chi connectivity index (χ1n) is 4.98. The zero-order valence-electron chi connectivity index (χ0n) is 10.2. The third-order valence-electron chi connectivity index (χ3n) is 2.85. The summed E-state index contributed by atoms with van der Waals surface area (Å²) in [5.41, 5.74) is -1.51. The lowest BCUT2D eigenvalue weighted by Gasteiger charge is -2.35. The Morgan fingerprint density at radius 1 is 1.17 bits per heavy atom. The summed E-state index contributed by atoms with van der Waals surface area (Å²) in [4.78, 5) is 11.1. The van der Waals surface area contributed by atoms with Crippen LogP contribution in [0.15, 0.2) is 25.8 Å². The van der Waals surface area contributed by atoms with Crippen LogP contribution in [0.5, 0.6) is 0 Å². The SMILES string of the molecule is CC1=NC(=N)C(C)(/N=N/OO)CC1(C)/N=N/OO. The number of hydrogen-bond donors (Lipinski definition) is 3. The minimum absolute atomic E-state index is 0.0432. The van der Waals surface area contributed by atoms with E-state index in [-0.39, 0.29) is 12.3 Å². The van der Waals surface area contributed by atoms with Crippen LogP contribution < -0.4 is 0 Å². The predicted molar refractivity (Wildman–Crippen MR) is 59.4 cm³/mol. The molecule has 10 heteroatoms. The highest BCUT2D eigenvalue weighted by Crippen LogP contribution is 2.34. The van der Waals surface area contributed by atoms with Crippen LogP contribution >= 0.6 is 0 Å². The molecular formula is C8H14N6O4. The Labute approximate surface area is 102 Å². The molecule has 0 aliphatic carbocycles. The van der Waals surface area contributed by atoms with Crippen LogP contribution in [0.1, 0.15) is 27.2 Å². The summed E-state index contributed by atoms with van der Waals surface area (Å²) in [6.07, 6.45) is 0.202. The lowest BCUT2D eigenvalue weighted by Crippen LogP contribution is -2.48. The quantitative estimate of drug-likeness (QED) is 0.402. The Hall–Kier alpha value is -1.94. The molecule has 1 heterocycles. The van der Waals surface area contributed by atoms with Crippen LogP contribution in [-0.2, 0) is 9.98 Å². The van der Waals surface area contributed by atoms with Crippen LogP contribution in [0.2, 0.25) is 0 Å². The minimum Gasteiger partial charge on any atom is -0.285 e. The van der Waals surface area contributed by atoms with E-state index in [1.165, 1.54) is 0 Å². The van der Waals surface area contributed by atoms with Crippen LogP contribution in [0.3, 0.4) is 0 Å². The van der Waals surface area contributed by atoms with E-state index in [9.17, 15) is 0 Å². The fraction of sp³-hybridized carbons (Fsp3) is 0.750. The van der Waals surface area contributed by atoms with Gasteiger partial charge in [0.1, 0.15) is 16.9 Å². The number of hydrogen-bond acceptors (Lipinski definition) is 9. The Kier molecular flexibility index (Phi) is 4.03. The van der Waals surface area contributed by atoms with Crippen molar-refractivity contribution in [1.82, 2.24) is 0 Å². The summed E-state index contributed by atoms with van der Waals surface area (Å²) in [6.45, 7) is 4.94. The van der Waals surface area contributed by atoms with Crippen molar-refractivity contribution in [3.05, 3.63) is 0 Å². The van der Waals surface area contributed by atoms with Gasteiger partial charge in [-0.1, -0.05) is 0 Å². The Bertz CT molecular complexity index is 422. The van der Waals surface area contributed by atoms with Crippen molar-refractivity contribution in [2.75, 3.05) is 0 Å². The summed E-state index contributed by atoms with van der Waals surface area (Å²) in [7, 11) is 0. The zero-order chi connectivity index (χ0) is 13.8. The van der Waals surface area contributed by atoms with Crippen LogP contribution in [-0.4, -0.2) is 33.1 Å². The summed E-state index contributed by atoms with van der Waals surface area (Å²) in [5.74, 6) is -0.0432. The van der Waals surface area contributed by atoms with E-state index in [1.54, 1.807) is 20.8 Å². The van der Waals surface area contributed by atoms with E-state index in [1.807, 2.05) is 0 Å². The van der Waals surface area contributed by atoms with Crippen LogP contribution in [0.25, 0.3) is 0 Å². The standard InChI is InChI=1S/C8H14N6O4/c1-5-7(2,11-13-17-15)4-8(3,6(9)10-5)12-14-18-16/h9,15-16H,4H2,1-3H3/b9-6?,13-11+,14-12+. The molecule has 0 aromatic rings. The average molecular weight is 258 g/mol. The normalized spacial score (nSPS) is 32.9. The Morgan fingerprint density at radius 3 is 2.17 bits per heavy atom. The molecule has 2 unspecified atom stereocenters. The van der Waals surface area contributed by atoms with Crippen molar-refractivity contribution in [3.63, 3.8) is 0 Å². The summed E-state index contributed by atoms with van der Waals surface area (Å²) >= 11 is 0. The smallest absolute Gasteiger partial charge is 0.150 e. The van der Waals surface area contributed by atoms with E-state index in [2.05, 4.69) is 35.8 Å². The lowest BCUT2D eigenvalue weighted by atomic mass is 9.79. The van der Waals surface area contributed by atoms with E-state index in [4.69, 9.17) is 15.9 Å². The highest BCUT2D eigenvalue weighted by Gasteiger charge is 2.46. The fourth-order valence-electron chi connectivity index (χ4n) is 1.70. The van der Waals surface area contributed by atoms with E-state index >= 15 is 0 Å². The van der Waals surface area contributed by atoms with Crippen molar-refractivity contribution in [2.45, 2.75) is 38.3 Å². The maximum absolute atomic E-state index is 8.18. The molecular weight excluding hydrogens is 244 g/mol. The molecule has 1 aliphatic rings. The van der Waals surface area contributed by atoms with Gasteiger partial charge in [-0.05, 0) is 20.8 Å². The second kappa shape index (κ2) is 5.14. The minimum atomic E-state index is -1.12. The molecule has 0 bridgehead atoms. The molecule has 0 aromatic carbocycles. The van der Waals surface area contributed by atoms with Gasteiger partial charge in [0.15, 0.2) is 0 Å².